The summed E-state index contributed by atoms with van der Waals surface area (Å²) in [6.45, 7) is 0. The van der Waals surface area contributed by atoms with Crippen molar-refractivity contribution in [1.29, 1.82) is 0 Å². The van der Waals surface area contributed by atoms with Crippen LogP contribution in [0, 0.1) is 5.92 Å². The van der Waals surface area contributed by atoms with Crippen LogP contribution in [-0.2, 0) is 9.53 Å². The van der Waals surface area contributed by atoms with Gasteiger partial charge in [-0.3, -0.25) is 4.79 Å². The number of fused-ring (bicyclic) bond motifs is 2. The molecule has 0 spiro atoms. The quantitative estimate of drug-likeness (QED) is 0.723. The summed E-state index contributed by atoms with van der Waals surface area (Å²) in [6.07, 6.45) is 7.66. The van der Waals surface area contributed by atoms with Crippen LogP contribution in [0.1, 0.15) is 38.5 Å². The molecule has 0 amide bonds. The summed E-state index contributed by atoms with van der Waals surface area (Å²) in [5.41, 5.74) is 0. The predicted octanol–water partition coefficient (Wildman–Crippen LogP) is 2.41. The molecule has 3 rings (SSSR count). The molecule has 3 saturated heterocycles. The highest BCUT2D eigenvalue weighted by molar-refractivity contribution is 8.00. The standard InChI is InChI=1S/C12H18O2S/c13-12(11-3-1-2-6-15-11)9-7-8-4-5-10(9)14-8/h8-11H,1-7H2. The molecule has 3 heteroatoms. The van der Waals surface area contributed by atoms with Crippen LogP contribution < -0.4 is 0 Å². The second-order valence-electron chi connectivity index (χ2n) is 4.97. The third kappa shape index (κ3) is 1.84. The van der Waals surface area contributed by atoms with E-state index in [0.717, 1.165) is 19.3 Å². The fraction of sp³-hybridized carbons (Fsp3) is 0.917. The first-order valence-corrected chi connectivity index (χ1v) is 7.20. The van der Waals surface area contributed by atoms with Gasteiger partial charge in [0.25, 0.3) is 0 Å². The van der Waals surface area contributed by atoms with E-state index in [1.807, 2.05) is 11.8 Å². The molecule has 3 heterocycles. The van der Waals surface area contributed by atoms with Gasteiger partial charge in [0.05, 0.1) is 17.5 Å². The van der Waals surface area contributed by atoms with Crippen LogP contribution in [0.4, 0.5) is 0 Å². The van der Waals surface area contributed by atoms with Gasteiger partial charge >= 0.3 is 0 Å². The van der Waals surface area contributed by atoms with Crippen LogP contribution in [0.3, 0.4) is 0 Å². The van der Waals surface area contributed by atoms with Crippen molar-refractivity contribution in [3.05, 3.63) is 0 Å². The van der Waals surface area contributed by atoms with Gasteiger partial charge in [0.1, 0.15) is 0 Å². The molecule has 3 aliphatic rings. The molecule has 84 valence electrons. The van der Waals surface area contributed by atoms with Gasteiger partial charge in [-0.15, -0.1) is 0 Å². The molecular weight excluding hydrogens is 208 g/mol. The van der Waals surface area contributed by atoms with Gasteiger partial charge in [-0.2, -0.15) is 11.8 Å². The van der Waals surface area contributed by atoms with Crippen molar-refractivity contribution >= 4 is 17.5 Å². The smallest absolute Gasteiger partial charge is 0.151 e. The monoisotopic (exact) mass is 226 g/mol. The zero-order valence-corrected chi connectivity index (χ0v) is 9.80. The number of hydrogen-bond acceptors (Lipinski definition) is 3. The first kappa shape index (κ1) is 10.2. The summed E-state index contributed by atoms with van der Waals surface area (Å²) >= 11 is 1.88. The minimum absolute atomic E-state index is 0.249. The number of thioether (sulfide) groups is 1. The zero-order valence-electron chi connectivity index (χ0n) is 8.98. The maximum absolute atomic E-state index is 12.3. The summed E-state index contributed by atoms with van der Waals surface area (Å²) in [6, 6.07) is 0. The van der Waals surface area contributed by atoms with Crippen molar-refractivity contribution in [2.24, 2.45) is 5.92 Å². The van der Waals surface area contributed by atoms with Crippen LogP contribution in [0.15, 0.2) is 0 Å². The van der Waals surface area contributed by atoms with Gasteiger partial charge < -0.3 is 4.74 Å². The summed E-state index contributed by atoms with van der Waals surface area (Å²) in [5, 5.41) is 0.298. The molecule has 0 aromatic carbocycles. The first-order valence-electron chi connectivity index (χ1n) is 6.15. The highest BCUT2D eigenvalue weighted by atomic mass is 32.2. The number of ketones is 1. The molecule has 0 aromatic heterocycles. The van der Waals surface area contributed by atoms with E-state index in [1.54, 1.807) is 0 Å². The third-order valence-corrected chi connectivity index (χ3v) is 5.36. The summed E-state index contributed by atoms with van der Waals surface area (Å²) in [7, 11) is 0. The van der Waals surface area contributed by atoms with E-state index in [2.05, 4.69) is 0 Å². The van der Waals surface area contributed by atoms with E-state index in [4.69, 9.17) is 4.74 Å². The summed E-state index contributed by atoms with van der Waals surface area (Å²) in [5.74, 6) is 1.93. The number of rotatable bonds is 2. The highest BCUT2D eigenvalue weighted by Crippen LogP contribution is 2.41. The number of Topliss-reactive ketones (excluding diaryl/α,β-unsaturated/α-hetero) is 1. The van der Waals surface area contributed by atoms with Crippen molar-refractivity contribution < 1.29 is 9.53 Å². The van der Waals surface area contributed by atoms with Crippen LogP contribution in [-0.4, -0.2) is 29.0 Å². The minimum atomic E-state index is 0.249. The number of ether oxygens (including phenoxy) is 1. The molecule has 0 aliphatic carbocycles. The average Bonchev–Trinajstić information content (AvgIpc) is 2.91. The largest absolute Gasteiger partial charge is 0.374 e. The Labute approximate surface area is 95.1 Å². The number of carbonyl (C=O) groups excluding carboxylic acids is 1. The van der Waals surface area contributed by atoms with Crippen molar-refractivity contribution in [3.63, 3.8) is 0 Å². The Hall–Kier alpha value is -0.0200. The second-order valence-corrected chi connectivity index (χ2v) is 6.28. The van der Waals surface area contributed by atoms with E-state index < -0.39 is 0 Å². The molecule has 0 saturated carbocycles. The van der Waals surface area contributed by atoms with E-state index >= 15 is 0 Å². The summed E-state index contributed by atoms with van der Waals surface area (Å²) < 4.78 is 5.77. The van der Waals surface area contributed by atoms with Gasteiger partial charge in [0.15, 0.2) is 5.78 Å². The normalized spacial score (nSPS) is 44.5. The van der Waals surface area contributed by atoms with E-state index in [0.29, 0.717) is 17.1 Å². The second kappa shape index (κ2) is 4.10. The molecular formula is C12H18O2S. The fourth-order valence-corrected chi connectivity index (χ4v) is 4.47. The highest BCUT2D eigenvalue weighted by Gasteiger charge is 2.45. The Kier molecular flexibility index (Phi) is 2.77. The van der Waals surface area contributed by atoms with Crippen molar-refractivity contribution in [3.8, 4) is 0 Å². The van der Waals surface area contributed by atoms with Gasteiger partial charge in [-0.1, -0.05) is 6.42 Å². The average molecular weight is 226 g/mol. The molecule has 2 bridgehead atoms. The maximum atomic E-state index is 12.3. The fourth-order valence-electron chi connectivity index (χ4n) is 3.14. The van der Waals surface area contributed by atoms with E-state index in [1.165, 1.54) is 25.0 Å². The molecule has 0 N–H and O–H groups in total. The Morgan fingerprint density at radius 3 is 2.73 bits per heavy atom. The lowest BCUT2D eigenvalue weighted by molar-refractivity contribution is -0.124. The SMILES string of the molecule is O=C(C1CCCCS1)C1CC2CCC1O2. The lowest BCUT2D eigenvalue weighted by Gasteiger charge is -2.25. The van der Waals surface area contributed by atoms with Crippen LogP contribution >= 0.6 is 11.8 Å². The molecule has 0 radical (unpaired) electrons. The van der Waals surface area contributed by atoms with Crippen molar-refractivity contribution in [2.75, 3.05) is 5.75 Å². The Morgan fingerprint density at radius 2 is 2.13 bits per heavy atom. The van der Waals surface area contributed by atoms with Crippen molar-refractivity contribution in [1.82, 2.24) is 0 Å². The Balaban J connectivity index is 1.64. The molecule has 3 fully saturated rings. The molecule has 15 heavy (non-hydrogen) atoms. The predicted molar refractivity (Wildman–Crippen MR) is 61.1 cm³/mol. The van der Waals surface area contributed by atoms with Gasteiger partial charge in [0.2, 0.25) is 0 Å². The third-order valence-electron chi connectivity index (χ3n) is 3.97. The molecule has 3 aliphatic heterocycles. The van der Waals surface area contributed by atoms with Crippen LogP contribution in [0.2, 0.25) is 0 Å². The number of carbonyl (C=O) groups is 1. The molecule has 2 nitrogen and oxygen atoms in total. The number of hydrogen-bond donors (Lipinski definition) is 0. The van der Waals surface area contributed by atoms with E-state index in [9.17, 15) is 4.79 Å². The lowest BCUT2D eigenvalue weighted by atomic mass is 9.84. The molecule has 0 aromatic rings. The Morgan fingerprint density at radius 1 is 1.20 bits per heavy atom. The van der Waals surface area contributed by atoms with Crippen LogP contribution in [0.25, 0.3) is 0 Å². The molecule has 4 atom stereocenters. The molecule has 4 unspecified atom stereocenters. The summed E-state index contributed by atoms with van der Waals surface area (Å²) in [4.78, 5) is 12.3. The minimum Gasteiger partial charge on any atom is -0.374 e. The van der Waals surface area contributed by atoms with E-state index in [-0.39, 0.29) is 12.0 Å². The van der Waals surface area contributed by atoms with Gasteiger partial charge in [0, 0.05) is 5.92 Å². The zero-order chi connectivity index (χ0) is 10.3. The van der Waals surface area contributed by atoms with Gasteiger partial charge in [-0.05, 0) is 37.9 Å². The maximum Gasteiger partial charge on any atom is 0.151 e. The first-order chi connectivity index (χ1) is 7.34. The Bertz CT molecular complexity index is 260. The van der Waals surface area contributed by atoms with Crippen LogP contribution in [0.5, 0.6) is 0 Å². The van der Waals surface area contributed by atoms with Gasteiger partial charge in [-0.25, -0.2) is 0 Å². The van der Waals surface area contributed by atoms with Crippen molar-refractivity contribution in [2.45, 2.75) is 56.0 Å². The lowest BCUT2D eigenvalue weighted by Crippen LogP contribution is -2.33. The topological polar surface area (TPSA) is 26.3 Å².